The Morgan fingerprint density at radius 2 is 2.00 bits per heavy atom. The van der Waals surface area contributed by atoms with Crippen molar-refractivity contribution < 1.29 is 28.3 Å². The Kier molecular flexibility index (Phi) is 6.43. The van der Waals surface area contributed by atoms with E-state index in [0.29, 0.717) is 36.3 Å². The fourth-order valence-electron chi connectivity index (χ4n) is 2.92. The maximum absolute atomic E-state index is 12.1. The van der Waals surface area contributed by atoms with E-state index in [1.807, 2.05) is 19.9 Å². The quantitative estimate of drug-likeness (QED) is 0.419. The third kappa shape index (κ3) is 3.96. The van der Waals surface area contributed by atoms with E-state index in [0.717, 1.165) is 22.3 Å². The van der Waals surface area contributed by atoms with E-state index in [1.54, 1.807) is 7.11 Å². The van der Waals surface area contributed by atoms with Crippen molar-refractivity contribution in [2.75, 3.05) is 14.2 Å². The highest BCUT2D eigenvalue weighted by Crippen LogP contribution is 2.43. The molecule has 0 saturated heterocycles. The Morgan fingerprint density at radius 1 is 1.28 bits per heavy atom. The molecule has 0 amide bonds. The minimum absolute atomic E-state index is 0.228. The SMILES string of the molecule is COC(=O)CC/C(C)=C/Cc1c(OC)c(C)c2c(c1OP)C(=O)OC2. The molecule has 0 radical (unpaired) electrons. The number of allylic oxidation sites excluding steroid dienone is 2. The molecule has 7 heteroatoms. The van der Waals surface area contributed by atoms with Gasteiger partial charge < -0.3 is 18.7 Å². The molecule has 0 spiro atoms. The van der Waals surface area contributed by atoms with Gasteiger partial charge in [-0.1, -0.05) is 11.6 Å². The van der Waals surface area contributed by atoms with Crippen LogP contribution in [0.25, 0.3) is 0 Å². The summed E-state index contributed by atoms with van der Waals surface area (Å²) in [6.45, 7) is 4.08. The monoisotopic (exact) mass is 366 g/mol. The van der Waals surface area contributed by atoms with Crippen LogP contribution in [0.1, 0.15) is 46.8 Å². The van der Waals surface area contributed by atoms with E-state index in [-0.39, 0.29) is 18.5 Å². The van der Waals surface area contributed by atoms with Gasteiger partial charge in [0.1, 0.15) is 23.7 Å². The maximum Gasteiger partial charge on any atom is 0.342 e. The first-order chi connectivity index (χ1) is 11.9. The van der Waals surface area contributed by atoms with Crippen molar-refractivity contribution in [2.45, 2.75) is 39.7 Å². The van der Waals surface area contributed by atoms with Crippen molar-refractivity contribution >= 4 is 21.4 Å². The van der Waals surface area contributed by atoms with E-state index in [1.165, 1.54) is 7.11 Å². The Hall–Kier alpha value is -2.07. The number of rotatable bonds is 7. The van der Waals surface area contributed by atoms with Crippen molar-refractivity contribution in [2.24, 2.45) is 0 Å². The van der Waals surface area contributed by atoms with Gasteiger partial charge in [-0.15, -0.1) is 0 Å². The minimum Gasteiger partial charge on any atom is -0.496 e. The highest BCUT2D eigenvalue weighted by Gasteiger charge is 2.32. The van der Waals surface area contributed by atoms with E-state index >= 15 is 0 Å². The number of methoxy groups -OCH3 is 2. The molecule has 0 fully saturated rings. The zero-order valence-electron chi connectivity index (χ0n) is 14.9. The number of carbonyl (C=O) groups excluding carboxylic acids is 2. The molecule has 1 aromatic rings. The summed E-state index contributed by atoms with van der Waals surface area (Å²) >= 11 is 0. The molecule has 0 aromatic heterocycles. The third-order valence-electron chi connectivity index (χ3n) is 4.35. The molecule has 1 atom stereocenters. The molecule has 0 bridgehead atoms. The molecule has 0 saturated carbocycles. The number of fused-ring (bicyclic) bond motifs is 1. The van der Waals surface area contributed by atoms with E-state index in [2.05, 4.69) is 14.2 Å². The highest BCUT2D eigenvalue weighted by molar-refractivity contribution is 7.10. The minimum atomic E-state index is -0.383. The lowest BCUT2D eigenvalue weighted by Gasteiger charge is -2.18. The Balaban J connectivity index is 2.37. The first-order valence-electron chi connectivity index (χ1n) is 7.93. The largest absolute Gasteiger partial charge is 0.496 e. The fourth-order valence-corrected chi connectivity index (χ4v) is 3.18. The summed E-state index contributed by atoms with van der Waals surface area (Å²) in [4.78, 5) is 23.3. The van der Waals surface area contributed by atoms with E-state index in [9.17, 15) is 9.59 Å². The van der Waals surface area contributed by atoms with Gasteiger partial charge >= 0.3 is 11.9 Å². The second-order valence-electron chi connectivity index (χ2n) is 5.84. The van der Waals surface area contributed by atoms with Crippen molar-refractivity contribution in [3.8, 4) is 11.5 Å². The van der Waals surface area contributed by atoms with Crippen LogP contribution in [0, 0.1) is 6.92 Å². The fraction of sp³-hybridized carbons (Fsp3) is 0.444. The summed E-state index contributed by atoms with van der Waals surface area (Å²) in [6.07, 6.45) is 3.46. The summed E-state index contributed by atoms with van der Waals surface area (Å²) in [5.74, 6) is 0.523. The predicted molar refractivity (Wildman–Crippen MR) is 95.9 cm³/mol. The van der Waals surface area contributed by atoms with Gasteiger partial charge in [0.2, 0.25) is 0 Å². The molecule has 25 heavy (non-hydrogen) atoms. The second-order valence-corrected chi connectivity index (χ2v) is 6.08. The molecule has 0 aliphatic carbocycles. The lowest BCUT2D eigenvalue weighted by molar-refractivity contribution is -0.140. The van der Waals surface area contributed by atoms with Crippen LogP contribution in [0.15, 0.2) is 11.6 Å². The molecule has 1 aliphatic heterocycles. The van der Waals surface area contributed by atoms with Crippen LogP contribution in [0.4, 0.5) is 0 Å². The van der Waals surface area contributed by atoms with Gasteiger partial charge in [-0.2, -0.15) is 0 Å². The zero-order valence-corrected chi connectivity index (χ0v) is 16.1. The van der Waals surface area contributed by atoms with E-state index < -0.39 is 0 Å². The summed E-state index contributed by atoms with van der Waals surface area (Å²) in [7, 11) is 5.16. The molecule has 136 valence electrons. The summed E-state index contributed by atoms with van der Waals surface area (Å²) in [5.41, 5.74) is 3.97. The van der Waals surface area contributed by atoms with Gasteiger partial charge in [0.15, 0.2) is 0 Å². The number of hydrogen-bond donors (Lipinski definition) is 0. The standard InChI is InChI=1S/C18H23O6P/c1-10(6-8-14(19)21-3)5-7-12-16(22-4)11(2)13-9-23-18(20)15(13)17(12)24-25/h5H,6-9,25H2,1-4H3/b10-5+. The van der Waals surface area contributed by atoms with Crippen LogP contribution in [0.5, 0.6) is 11.5 Å². The third-order valence-corrected chi connectivity index (χ3v) is 4.59. The Labute approximate surface area is 149 Å². The molecular formula is C18H23O6P. The number of esters is 2. The lowest BCUT2D eigenvalue weighted by Crippen LogP contribution is -2.05. The number of carbonyl (C=O) groups is 2. The van der Waals surface area contributed by atoms with Crippen molar-refractivity contribution in [1.29, 1.82) is 0 Å². The average molecular weight is 366 g/mol. The maximum atomic E-state index is 12.1. The molecule has 6 nitrogen and oxygen atoms in total. The van der Waals surface area contributed by atoms with Gasteiger partial charge in [-0.3, -0.25) is 4.79 Å². The van der Waals surface area contributed by atoms with Gasteiger partial charge in [0.25, 0.3) is 0 Å². The number of ether oxygens (including phenoxy) is 3. The molecule has 1 heterocycles. The first kappa shape index (κ1) is 19.3. The van der Waals surface area contributed by atoms with Crippen LogP contribution in [-0.2, 0) is 27.3 Å². The number of cyclic esters (lactones) is 1. The van der Waals surface area contributed by atoms with Crippen molar-refractivity contribution in [1.82, 2.24) is 0 Å². The van der Waals surface area contributed by atoms with Crippen LogP contribution in [0.3, 0.4) is 0 Å². The molecular weight excluding hydrogens is 343 g/mol. The van der Waals surface area contributed by atoms with Crippen LogP contribution in [-0.4, -0.2) is 26.2 Å². The lowest BCUT2D eigenvalue weighted by atomic mass is 9.94. The van der Waals surface area contributed by atoms with Gasteiger partial charge in [-0.25, -0.2) is 4.79 Å². The summed E-state index contributed by atoms with van der Waals surface area (Å²) in [5, 5.41) is 0. The van der Waals surface area contributed by atoms with Gasteiger partial charge in [0.05, 0.1) is 23.7 Å². The van der Waals surface area contributed by atoms with Gasteiger partial charge in [-0.05, 0) is 32.3 Å². The second kappa shape index (κ2) is 8.34. The average Bonchev–Trinajstić information content (AvgIpc) is 3.00. The first-order valence-corrected chi connectivity index (χ1v) is 8.40. The van der Waals surface area contributed by atoms with Crippen LogP contribution in [0.2, 0.25) is 0 Å². The van der Waals surface area contributed by atoms with Crippen LogP contribution >= 0.6 is 9.47 Å². The highest BCUT2D eigenvalue weighted by atomic mass is 31.0. The molecule has 1 aliphatic rings. The summed E-state index contributed by atoms with van der Waals surface area (Å²) < 4.78 is 20.8. The zero-order chi connectivity index (χ0) is 18.6. The molecule has 1 unspecified atom stereocenters. The molecule has 2 rings (SSSR count). The Bertz CT molecular complexity index is 723. The van der Waals surface area contributed by atoms with Crippen molar-refractivity contribution in [3.05, 3.63) is 33.9 Å². The van der Waals surface area contributed by atoms with E-state index in [4.69, 9.17) is 14.0 Å². The predicted octanol–water partition coefficient (Wildman–Crippen LogP) is 3.28. The smallest absolute Gasteiger partial charge is 0.342 e. The number of benzene rings is 1. The Morgan fingerprint density at radius 3 is 2.60 bits per heavy atom. The summed E-state index contributed by atoms with van der Waals surface area (Å²) in [6, 6.07) is 0. The number of hydrogen-bond acceptors (Lipinski definition) is 6. The van der Waals surface area contributed by atoms with Crippen molar-refractivity contribution in [3.63, 3.8) is 0 Å². The van der Waals surface area contributed by atoms with Crippen LogP contribution < -0.4 is 9.26 Å². The van der Waals surface area contributed by atoms with Gasteiger partial charge in [0, 0.05) is 17.5 Å². The molecule has 0 N–H and O–H groups in total. The topological polar surface area (TPSA) is 71.1 Å². The molecule has 1 aromatic carbocycles. The normalized spacial score (nSPS) is 13.3.